The first-order chi connectivity index (χ1) is 10.2. The van der Waals surface area contributed by atoms with Crippen molar-refractivity contribution in [3.05, 3.63) is 53.6 Å². The van der Waals surface area contributed by atoms with Crippen molar-refractivity contribution in [2.75, 3.05) is 6.61 Å². The molecule has 21 heavy (non-hydrogen) atoms. The minimum Gasteiger partial charge on any atom is -0.493 e. The molecule has 2 rings (SSSR count). The van der Waals surface area contributed by atoms with Crippen molar-refractivity contribution in [3.63, 3.8) is 0 Å². The van der Waals surface area contributed by atoms with E-state index < -0.39 is 0 Å². The molecule has 0 atom stereocenters. The Balaban J connectivity index is 2.25. The second-order valence-corrected chi connectivity index (χ2v) is 5.51. The van der Waals surface area contributed by atoms with Gasteiger partial charge in [-0.3, -0.25) is 0 Å². The molecule has 1 nitrogen and oxygen atoms in total. The highest BCUT2D eigenvalue weighted by atomic mass is 16.5. The van der Waals surface area contributed by atoms with Crippen LogP contribution >= 0.6 is 0 Å². The summed E-state index contributed by atoms with van der Waals surface area (Å²) >= 11 is 0. The maximum absolute atomic E-state index is 5.96. The van der Waals surface area contributed by atoms with Crippen LogP contribution in [0.15, 0.2) is 42.5 Å². The Morgan fingerprint density at radius 1 is 1.05 bits per heavy atom. The molecule has 0 aliphatic carbocycles. The smallest absolute Gasteiger partial charge is 0.127 e. The third kappa shape index (κ3) is 4.39. The lowest BCUT2D eigenvalue weighted by atomic mass is 9.75. The lowest BCUT2D eigenvalue weighted by Crippen LogP contribution is -1.98. The predicted molar refractivity (Wildman–Crippen MR) is 92.3 cm³/mol. The van der Waals surface area contributed by atoms with Crippen LogP contribution in [0.25, 0.3) is 11.1 Å². The van der Waals surface area contributed by atoms with Crippen LogP contribution in [-0.2, 0) is 6.32 Å². The van der Waals surface area contributed by atoms with E-state index in [1.54, 1.807) is 0 Å². The Hall–Kier alpha value is -1.70. The fourth-order valence-electron chi connectivity index (χ4n) is 2.38. The van der Waals surface area contributed by atoms with Gasteiger partial charge in [-0.15, -0.1) is 0 Å². The Morgan fingerprint density at radius 3 is 2.48 bits per heavy atom. The fraction of sp³-hybridized carbons (Fsp3) is 0.368. The van der Waals surface area contributed by atoms with Crippen LogP contribution in [0.3, 0.4) is 0 Å². The van der Waals surface area contributed by atoms with E-state index >= 15 is 0 Å². The summed E-state index contributed by atoms with van der Waals surface area (Å²) in [6.07, 6.45) is 3.27. The molecule has 0 aliphatic rings. The van der Waals surface area contributed by atoms with Gasteiger partial charge >= 0.3 is 0 Å². The van der Waals surface area contributed by atoms with Gasteiger partial charge in [0.25, 0.3) is 0 Å². The lowest BCUT2D eigenvalue weighted by Gasteiger charge is -2.13. The molecule has 2 aromatic carbocycles. The zero-order valence-electron chi connectivity index (χ0n) is 13.4. The molecular weight excluding hydrogens is 255 g/mol. The summed E-state index contributed by atoms with van der Waals surface area (Å²) in [7, 11) is 2.18. The molecule has 0 saturated carbocycles. The molecule has 0 bridgehead atoms. The van der Waals surface area contributed by atoms with Crippen molar-refractivity contribution in [1.82, 2.24) is 0 Å². The van der Waals surface area contributed by atoms with E-state index in [1.165, 1.54) is 22.3 Å². The van der Waals surface area contributed by atoms with Gasteiger partial charge in [0.2, 0.25) is 0 Å². The average Bonchev–Trinajstić information content (AvgIpc) is 2.50. The number of aryl methyl sites for hydroxylation is 1. The fourth-order valence-corrected chi connectivity index (χ4v) is 2.38. The minimum absolute atomic E-state index is 0.787. The Labute approximate surface area is 129 Å². The summed E-state index contributed by atoms with van der Waals surface area (Å²) in [5.74, 6) is 0.990. The zero-order chi connectivity index (χ0) is 15.1. The first-order valence-electron chi connectivity index (χ1n) is 7.85. The monoisotopic (exact) mass is 279 g/mol. The first-order valence-corrected chi connectivity index (χ1v) is 7.85. The highest BCUT2D eigenvalue weighted by molar-refractivity contribution is 6.32. The van der Waals surface area contributed by atoms with Gasteiger partial charge in [0.1, 0.15) is 13.0 Å². The molecule has 0 heterocycles. The average molecular weight is 279 g/mol. The molecule has 0 spiro atoms. The van der Waals surface area contributed by atoms with E-state index in [-0.39, 0.29) is 0 Å². The molecule has 0 N–H and O–H groups in total. The van der Waals surface area contributed by atoms with Crippen molar-refractivity contribution in [2.24, 2.45) is 0 Å². The van der Waals surface area contributed by atoms with E-state index in [2.05, 4.69) is 70.4 Å². The van der Waals surface area contributed by atoms with Crippen LogP contribution in [0.5, 0.6) is 5.75 Å². The predicted octanol–water partition coefficient (Wildman–Crippen LogP) is 5.09. The van der Waals surface area contributed by atoms with Gasteiger partial charge in [-0.05, 0) is 31.0 Å². The van der Waals surface area contributed by atoms with Crippen molar-refractivity contribution in [3.8, 4) is 16.9 Å². The Kier molecular flexibility index (Phi) is 5.92. The van der Waals surface area contributed by atoms with Gasteiger partial charge in [-0.25, -0.2) is 0 Å². The van der Waals surface area contributed by atoms with Gasteiger partial charge in [0, 0.05) is 5.56 Å². The summed E-state index contributed by atoms with van der Waals surface area (Å²) in [5, 5.41) is 0. The zero-order valence-corrected chi connectivity index (χ0v) is 13.4. The number of hydrogen-bond acceptors (Lipinski definition) is 1. The lowest BCUT2D eigenvalue weighted by molar-refractivity contribution is 0.310. The summed E-state index contributed by atoms with van der Waals surface area (Å²) < 4.78 is 5.96. The van der Waals surface area contributed by atoms with Crippen molar-refractivity contribution in [2.45, 2.75) is 39.8 Å². The number of ether oxygens (including phenoxy) is 1. The summed E-state index contributed by atoms with van der Waals surface area (Å²) in [5.41, 5.74) is 5.03. The molecule has 1 radical (unpaired) electrons. The van der Waals surface area contributed by atoms with Crippen LogP contribution in [-0.4, -0.2) is 13.9 Å². The van der Waals surface area contributed by atoms with Crippen LogP contribution < -0.4 is 4.74 Å². The molecular formula is C19H24BO. The van der Waals surface area contributed by atoms with Crippen LogP contribution in [0, 0.1) is 6.92 Å². The molecule has 0 aromatic heterocycles. The molecule has 0 unspecified atom stereocenters. The molecule has 109 valence electrons. The summed E-state index contributed by atoms with van der Waals surface area (Å²) in [6.45, 7) is 7.19. The van der Waals surface area contributed by atoms with Crippen molar-refractivity contribution in [1.29, 1.82) is 0 Å². The van der Waals surface area contributed by atoms with Crippen molar-refractivity contribution >= 4 is 7.28 Å². The third-order valence-electron chi connectivity index (χ3n) is 3.60. The highest BCUT2D eigenvalue weighted by Gasteiger charge is 2.07. The Bertz CT molecular complexity index is 560. The first kappa shape index (κ1) is 15.7. The van der Waals surface area contributed by atoms with E-state index in [1.807, 2.05) is 0 Å². The van der Waals surface area contributed by atoms with Gasteiger partial charge in [-0.1, -0.05) is 67.9 Å². The second-order valence-electron chi connectivity index (χ2n) is 5.51. The quantitative estimate of drug-likeness (QED) is 0.506. The molecule has 2 heteroatoms. The van der Waals surface area contributed by atoms with Crippen LogP contribution in [0.1, 0.15) is 30.9 Å². The van der Waals surface area contributed by atoms with E-state index in [9.17, 15) is 0 Å². The molecule has 0 saturated heterocycles. The van der Waals surface area contributed by atoms with Gasteiger partial charge in [0.15, 0.2) is 0 Å². The maximum atomic E-state index is 5.96. The van der Waals surface area contributed by atoms with Crippen molar-refractivity contribution < 1.29 is 4.74 Å². The third-order valence-corrected chi connectivity index (χ3v) is 3.60. The highest BCUT2D eigenvalue weighted by Crippen LogP contribution is 2.31. The molecule has 0 amide bonds. The minimum atomic E-state index is 0.787. The van der Waals surface area contributed by atoms with E-state index in [0.29, 0.717) is 0 Å². The Morgan fingerprint density at radius 2 is 1.81 bits per heavy atom. The maximum Gasteiger partial charge on any atom is 0.127 e. The number of rotatable bonds is 7. The van der Waals surface area contributed by atoms with Crippen LogP contribution in [0.2, 0.25) is 6.82 Å². The number of unbranched alkanes of at least 4 members (excludes halogenated alkanes) is 1. The summed E-state index contributed by atoms with van der Waals surface area (Å²) in [4.78, 5) is 0. The van der Waals surface area contributed by atoms with E-state index in [0.717, 1.165) is 31.5 Å². The normalized spacial score (nSPS) is 10.4. The number of hydrogen-bond donors (Lipinski definition) is 0. The molecule has 0 fully saturated rings. The van der Waals surface area contributed by atoms with Crippen LogP contribution in [0.4, 0.5) is 0 Å². The topological polar surface area (TPSA) is 9.23 Å². The standard InChI is InChI=1S/C19H24BO/c1-4-5-12-21-19-11-6-15(2)13-18(19)17-9-7-16(8-10-17)14-20-3/h6-11,13H,4-5,12,14H2,1-3H3. The van der Waals surface area contributed by atoms with E-state index in [4.69, 9.17) is 4.74 Å². The van der Waals surface area contributed by atoms with Gasteiger partial charge < -0.3 is 4.74 Å². The number of benzene rings is 2. The molecule has 0 aliphatic heterocycles. The SMILES string of the molecule is C[B]Cc1ccc(-c2cc(C)ccc2OCCCC)cc1. The van der Waals surface area contributed by atoms with Gasteiger partial charge in [-0.2, -0.15) is 0 Å². The molecule has 2 aromatic rings. The largest absolute Gasteiger partial charge is 0.493 e. The summed E-state index contributed by atoms with van der Waals surface area (Å²) in [6, 6.07) is 15.2. The van der Waals surface area contributed by atoms with Gasteiger partial charge in [0.05, 0.1) is 6.61 Å². The second kappa shape index (κ2) is 7.92.